The lowest BCUT2D eigenvalue weighted by Gasteiger charge is -2.33. The van der Waals surface area contributed by atoms with E-state index in [1.165, 1.54) is 20.9 Å². The molecule has 1 aliphatic heterocycles. The van der Waals surface area contributed by atoms with Crippen molar-refractivity contribution in [2.45, 2.75) is 23.6 Å². The molecule has 2 heterocycles. The number of fused-ring (bicyclic) bond motifs is 3. The van der Waals surface area contributed by atoms with E-state index in [1.54, 1.807) is 11.8 Å². The number of nitriles is 1. The second-order valence-electron chi connectivity index (χ2n) is 10.1. The molecule has 0 atom stereocenters. The monoisotopic (exact) mass is 531 g/mol. The zero-order valence-electron chi connectivity index (χ0n) is 22.2. The summed E-state index contributed by atoms with van der Waals surface area (Å²) in [5, 5.41) is 10.5. The van der Waals surface area contributed by atoms with E-state index in [-0.39, 0.29) is 0 Å². The fourth-order valence-electron chi connectivity index (χ4n) is 5.46. The lowest BCUT2D eigenvalue weighted by atomic mass is 9.94. The molecule has 40 heavy (non-hydrogen) atoms. The van der Waals surface area contributed by atoms with Crippen molar-refractivity contribution in [3.05, 3.63) is 132 Å². The van der Waals surface area contributed by atoms with Crippen LogP contribution in [0.3, 0.4) is 0 Å². The number of hydrogen-bond donors (Lipinski definition) is 0. The van der Waals surface area contributed by atoms with Crippen molar-refractivity contribution in [1.82, 2.24) is 4.98 Å². The minimum absolute atomic E-state index is 0.638. The first-order chi connectivity index (χ1) is 19.6. The predicted octanol–water partition coefficient (Wildman–Crippen LogP) is 9.99. The molecule has 0 spiro atoms. The van der Waals surface area contributed by atoms with Gasteiger partial charge in [-0.15, -0.1) is 0 Å². The Labute approximate surface area is 238 Å². The molecule has 0 bridgehead atoms. The number of aromatic nitrogens is 1. The lowest BCUT2D eigenvalue weighted by molar-refractivity contribution is 1.17. The molecule has 0 unspecified atom stereocenters. The van der Waals surface area contributed by atoms with Crippen molar-refractivity contribution in [2.75, 3.05) is 4.90 Å². The number of hydrogen-bond acceptors (Lipinski definition) is 4. The molecule has 5 aromatic carbocycles. The summed E-state index contributed by atoms with van der Waals surface area (Å²) in [7, 11) is 0. The smallest absolute Gasteiger partial charge is 0.0991 e. The van der Waals surface area contributed by atoms with Crippen molar-refractivity contribution >= 4 is 39.7 Å². The maximum Gasteiger partial charge on any atom is 0.0991 e. The molecule has 1 aromatic heterocycles. The van der Waals surface area contributed by atoms with E-state index in [4.69, 9.17) is 4.98 Å². The predicted molar refractivity (Wildman–Crippen MR) is 166 cm³/mol. The van der Waals surface area contributed by atoms with Gasteiger partial charge in [0.1, 0.15) is 0 Å². The maximum absolute atomic E-state index is 9.35. The Kier molecular flexibility index (Phi) is 5.88. The quantitative estimate of drug-likeness (QED) is 0.227. The summed E-state index contributed by atoms with van der Waals surface area (Å²) < 4.78 is 0. The van der Waals surface area contributed by atoms with Crippen molar-refractivity contribution < 1.29 is 0 Å². The topological polar surface area (TPSA) is 39.9 Å². The average Bonchev–Trinajstić information content (AvgIpc) is 3.00. The highest BCUT2D eigenvalue weighted by Crippen LogP contribution is 2.53. The molecule has 4 heteroatoms. The molecule has 0 aliphatic carbocycles. The van der Waals surface area contributed by atoms with Crippen LogP contribution < -0.4 is 4.90 Å². The third-order valence-corrected chi connectivity index (χ3v) is 8.62. The highest BCUT2D eigenvalue weighted by molar-refractivity contribution is 7.99. The third-order valence-electron chi connectivity index (χ3n) is 7.49. The molecule has 6 aromatic rings. The highest BCUT2D eigenvalue weighted by atomic mass is 32.2. The van der Waals surface area contributed by atoms with Crippen LogP contribution in [0.2, 0.25) is 0 Å². The zero-order valence-corrected chi connectivity index (χ0v) is 23.0. The van der Waals surface area contributed by atoms with Crippen LogP contribution in [0.5, 0.6) is 0 Å². The van der Waals surface area contributed by atoms with Crippen LogP contribution in [0.1, 0.15) is 16.7 Å². The second kappa shape index (κ2) is 9.72. The fraction of sp³-hybridized carbons (Fsp3) is 0.0556. The van der Waals surface area contributed by atoms with Gasteiger partial charge in [0.2, 0.25) is 0 Å². The normalized spacial score (nSPS) is 12.1. The van der Waals surface area contributed by atoms with E-state index in [0.717, 1.165) is 50.3 Å². The molecule has 0 N–H and O–H groups in total. The molecule has 3 nitrogen and oxygen atoms in total. The minimum Gasteiger partial charge on any atom is -0.306 e. The van der Waals surface area contributed by atoms with Gasteiger partial charge in [0.25, 0.3) is 0 Å². The lowest BCUT2D eigenvalue weighted by Crippen LogP contribution is -2.15. The average molecular weight is 532 g/mol. The number of rotatable bonds is 3. The van der Waals surface area contributed by atoms with Crippen LogP contribution in [0.25, 0.3) is 33.3 Å². The SMILES string of the molecule is Cc1ccc(-c2cc(-c3ccc(C#N)cc3)nc3c(N4c5ccccc5Sc5ccccc54)ccc(C)c23)cc1. The molecular weight excluding hydrogens is 506 g/mol. The molecule has 190 valence electrons. The number of anilines is 3. The van der Waals surface area contributed by atoms with Crippen LogP contribution >= 0.6 is 11.8 Å². The van der Waals surface area contributed by atoms with E-state index < -0.39 is 0 Å². The summed E-state index contributed by atoms with van der Waals surface area (Å²) in [6, 6.07) is 42.4. The Hall–Kier alpha value is -4.85. The van der Waals surface area contributed by atoms with E-state index in [9.17, 15) is 5.26 Å². The van der Waals surface area contributed by atoms with E-state index in [0.29, 0.717) is 5.56 Å². The van der Waals surface area contributed by atoms with Gasteiger partial charge in [-0.3, -0.25) is 0 Å². The Morgan fingerprint density at radius 2 is 1.30 bits per heavy atom. The Bertz CT molecular complexity index is 1910. The van der Waals surface area contributed by atoms with Gasteiger partial charge in [0, 0.05) is 20.7 Å². The van der Waals surface area contributed by atoms with Crippen molar-refractivity contribution in [3.8, 4) is 28.5 Å². The molecule has 0 amide bonds. The first-order valence-corrected chi connectivity index (χ1v) is 14.1. The van der Waals surface area contributed by atoms with Crippen LogP contribution in [0.4, 0.5) is 17.1 Å². The van der Waals surface area contributed by atoms with Crippen LogP contribution in [-0.4, -0.2) is 4.98 Å². The van der Waals surface area contributed by atoms with Gasteiger partial charge in [0.05, 0.1) is 39.9 Å². The van der Waals surface area contributed by atoms with E-state index in [1.807, 2.05) is 24.3 Å². The number of nitrogens with zero attached hydrogens (tertiary/aromatic N) is 3. The molecule has 0 radical (unpaired) electrons. The number of aryl methyl sites for hydroxylation is 2. The summed E-state index contributed by atoms with van der Waals surface area (Å²) in [4.78, 5) is 10.2. The Morgan fingerprint density at radius 1 is 0.675 bits per heavy atom. The molecular formula is C36H25N3S. The van der Waals surface area contributed by atoms with E-state index in [2.05, 4.69) is 116 Å². The van der Waals surface area contributed by atoms with Crippen molar-refractivity contribution in [1.29, 1.82) is 5.26 Å². The van der Waals surface area contributed by atoms with Crippen LogP contribution in [-0.2, 0) is 0 Å². The third kappa shape index (κ3) is 4.04. The number of benzene rings is 5. The Morgan fingerprint density at radius 3 is 1.95 bits per heavy atom. The van der Waals surface area contributed by atoms with Gasteiger partial charge < -0.3 is 4.90 Å². The van der Waals surface area contributed by atoms with Gasteiger partial charge >= 0.3 is 0 Å². The summed E-state index contributed by atoms with van der Waals surface area (Å²) in [6.45, 7) is 4.28. The standard InChI is InChI=1S/C36H25N3S/c1-23-11-16-26(17-12-23)28-21-29(27-18-14-25(22-37)15-19-27)38-36-32(20-13-24(2)35(28)36)39-30-7-3-5-9-33(30)40-34-10-6-4-8-31(34)39/h3-21H,1-2H3. The van der Waals surface area contributed by atoms with Gasteiger partial charge in [0.15, 0.2) is 0 Å². The van der Waals surface area contributed by atoms with Gasteiger partial charge in [-0.1, -0.05) is 84.1 Å². The van der Waals surface area contributed by atoms with Gasteiger partial charge in [-0.2, -0.15) is 5.26 Å². The van der Waals surface area contributed by atoms with Crippen molar-refractivity contribution in [3.63, 3.8) is 0 Å². The maximum atomic E-state index is 9.35. The fourth-order valence-corrected chi connectivity index (χ4v) is 6.52. The van der Waals surface area contributed by atoms with Crippen LogP contribution in [0.15, 0.2) is 125 Å². The minimum atomic E-state index is 0.638. The molecule has 1 aliphatic rings. The Balaban J connectivity index is 1.56. The molecule has 7 rings (SSSR count). The summed E-state index contributed by atoms with van der Waals surface area (Å²) in [6.07, 6.45) is 0. The first kappa shape index (κ1) is 24.2. The number of pyridine rings is 1. The molecule has 0 saturated carbocycles. The number of para-hydroxylation sites is 2. The summed E-state index contributed by atoms with van der Waals surface area (Å²) in [5.41, 5.74) is 11.5. The highest BCUT2D eigenvalue weighted by Gasteiger charge is 2.27. The largest absolute Gasteiger partial charge is 0.306 e. The summed E-state index contributed by atoms with van der Waals surface area (Å²) in [5.74, 6) is 0. The summed E-state index contributed by atoms with van der Waals surface area (Å²) >= 11 is 1.81. The second-order valence-corrected chi connectivity index (χ2v) is 11.2. The van der Waals surface area contributed by atoms with E-state index >= 15 is 0 Å². The molecule has 0 saturated heterocycles. The van der Waals surface area contributed by atoms with Gasteiger partial charge in [-0.05, 0) is 79.1 Å². The van der Waals surface area contributed by atoms with Crippen LogP contribution in [0, 0.1) is 25.2 Å². The zero-order chi connectivity index (χ0) is 27.2. The first-order valence-electron chi connectivity index (χ1n) is 13.3. The van der Waals surface area contributed by atoms with Gasteiger partial charge in [-0.25, -0.2) is 4.98 Å². The van der Waals surface area contributed by atoms with Crippen molar-refractivity contribution in [2.24, 2.45) is 0 Å². The molecule has 0 fully saturated rings.